The Hall–Kier alpha value is -0.900. The maximum Gasteiger partial charge on any atom is 0.0900 e. The van der Waals surface area contributed by atoms with E-state index < -0.39 is 0 Å². The Bertz CT molecular complexity index is 289. The minimum atomic E-state index is -0.351. The molecule has 0 aromatic heterocycles. The first-order valence-corrected chi connectivity index (χ1v) is 5.36. The molecule has 2 rings (SSSR count). The third-order valence-corrected chi connectivity index (χ3v) is 2.58. The molecule has 0 saturated carbocycles. The van der Waals surface area contributed by atoms with Crippen LogP contribution in [-0.4, -0.2) is 42.4 Å². The summed E-state index contributed by atoms with van der Waals surface area (Å²) in [5.41, 5.74) is 1.28. The molecule has 0 unspecified atom stereocenters. The van der Waals surface area contributed by atoms with Crippen LogP contribution in [0.5, 0.6) is 0 Å². The van der Waals surface area contributed by atoms with Gasteiger partial charge in [0.25, 0.3) is 0 Å². The van der Waals surface area contributed by atoms with Crippen molar-refractivity contribution in [1.82, 2.24) is 4.90 Å². The van der Waals surface area contributed by atoms with Crippen molar-refractivity contribution in [3.8, 4) is 0 Å². The first kappa shape index (κ1) is 10.6. The van der Waals surface area contributed by atoms with Crippen LogP contribution in [0.25, 0.3) is 0 Å². The Morgan fingerprint density at radius 2 is 2.13 bits per heavy atom. The summed E-state index contributed by atoms with van der Waals surface area (Å²) in [4.78, 5) is 2.23. The molecule has 3 heteroatoms. The van der Waals surface area contributed by atoms with Crippen molar-refractivity contribution < 1.29 is 9.84 Å². The molecule has 1 heterocycles. The molecule has 1 aromatic rings. The molecule has 3 nitrogen and oxygen atoms in total. The van der Waals surface area contributed by atoms with Gasteiger partial charge in [-0.15, -0.1) is 0 Å². The van der Waals surface area contributed by atoms with Crippen LogP contribution in [0.3, 0.4) is 0 Å². The highest BCUT2D eigenvalue weighted by Gasteiger charge is 2.15. The third-order valence-electron chi connectivity index (χ3n) is 2.58. The van der Waals surface area contributed by atoms with Gasteiger partial charge in [-0.25, -0.2) is 0 Å². The molecule has 15 heavy (non-hydrogen) atoms. The van der Waals surface area contributed by atoms with Crippen molar-refractivity contribution in [1.29, 1.82) is 0 Å². The fourth-order valence-electron chi connectivity index (χ4n) is 1.84. The second-order valence-electron chi connectivity index (χ2n) is 3.95. The van der Waals surface area contributed by atoms with Gasteiger partial charge in [0.1, 0.15) is 0 Å². The Morgan fingerprint density at radius 1 is 1.33 bits per heavy atom. The lowest BCUT2D eigenvalue weighted by Crippen LogP contribution is -2.32. The highest BCUT2D eigenvalue weighted by molar-refractivity contribution is 5.14. The summed E-state index contributed by atoms with van der Waals surface area (Å²) in [5, 5.41) is 9.57. The molecule has 0 amide bonds. The molecule has 1 atom stereocenters. The molecule has 0 radical (unpaired) electrons. The number of benzene rings is 1. The molecule has 1 saturated heterocycles. The number of hydrogen-bond acceptors (Lipinski definition) is 3. The summed E-state index contributed by atoms with van der Waals surface area (Å²) in [6, 6.07) is 10.3. The Kier molecular flexibility index (Phi) is 3.72. The number of nitrogens with zero attached hydrogens (tertiary/aromatic N) is 1. The van der Waals surface area contributed by atoms with Gasteiger partial charge in [0.15, 0.2) is 0 Å². The summed E-state index contributed by atoms with van der Waals surface area (Å²) in [5.74, 6) is 0. The molecule has 1 aliphatic rings. The van der Waals surface area contributed by atoms with E-state index in [0.29, 0.717) is 19.8 Å². The Balaban J connectivity index is 1.93. The topological polar surface area (TPSA) is 32.7 Å². The second-order valence-corrected chi connectivity index (χ2v) is 3.95. The zero-order chi connectivity index (χ0) is 10.5. The SMILES string of the molecule is O[C@H]1COCCN(Cc2ccccc2)C1. The molecule has 1 aromatic carbocycles. The maximum atomic E-state index is 9.57. The van der Waals surface area contributed by atoms with Crippen LogP contribution in [0.1, 0.15) is 5.56 Å². The van der Waals surface area contributed by atoms with E-state index in [9.17, 15) is 5.11 Å². The lowest BCUT2D eigenvalue weighted by molar-refractivity contribution is 0.0562. The van der Waals surface area contributed by atoms with Gasteiger partial charge in [-0.2, -0.15) is 0 Å². The molecule has 0 spiro atoms. The molecule has 1 N–H and O–H groups in total. The first-order valence-electron chi connectivity index (χ1n) is 5.36. The maximum absolute atomic E-state index is 9.57. The standard InChI is InChI=1S/C12H17NO2/c14-12-9-13(6-7-15-10-12)8-11-4-2-1-3-5-11/h1-5,12,14H,6-10H2/t12-/m1/s1. The number of rotatable bonds is 2. The van der Waals surface area contributed by atoms with E-state index in [0.717, 1.165) is 13.1 Å². The van der Waals surface area contributed by atoms with Crippen LogP contribution in [0.15, 0.2) is 30.3 Å². The van der Waals surface area contributed by atoms with E-state index in [4.69, 9.17) is 4.74 Å². The van der Waals surface area contributed by atoms with E-state index >= 15 is 0 Å². The average molecular weight is 207 g/mol. The van der Waals surface area contributed by atoms with Crippen LogP contribution >= 0.6 is 0 Å². The Labute approximate surface area is 90.3 Å². The van der Waals surface area contributed by atoms with Gasteiger partial charge in [0.2, 0.25) is 0 Å². The second kappa shape index (κ2) is 5.26. The highest BCUT2D eigenvalue weighted by atomic mass is 16.5. The number of aliphatic hydroxyl groups is 1. The zero-order valence-corrected chi connectivity index (χ0v) is 8.80. The molecule has 1 fully saturated rings. The molecule has 1 aliphatic heterocycles. The zero-order valence-electron chi connectivity index (χ0n) is 8.80. The predicted molar refractivity (Wildman–Crippen MR) is 58.5 cm³/mol. The molecule has 0 aliphatic carbocycles. The third kappa shape index (κ3) is 3.30. The van der Waals surface area contributed by atoms with Crippen molar-refractivity contribution in [2.24, 2.45) is 0 Å². The van der Waals surface area contributed by atoms with Gasteiger partial charge in [-0.1, -0.05) is 30.3 Å². The van der Waals surface area contributed by atoms with Crippen molar-refractivity contribution in [3.63, 3.8) is 0 Å². The predicted octanol–water partition coefficient (Wildman–Crippen LogP) is 0.880. The minimum absolute atomic E-state index is 0.351. The summed E-state index contributed by atoms with van der Waals surface area (Å²) in [6.07, 6.45) is -0.351. The average Bonchev–Trinajstić information content (AvgIpc) is 2.44. The minimum Gasteiger partial charge on any atom is -0.389 e. The fraction of sp³-hybridized carbons (Fsp3) is 0.500. The number of hydrogen-bond donors (Lipinski definition) is 1. The number of β-amino-alcohol motifs (C(OH)–C–C–N with tert-alkyl or cyclic N) is 1. The summed E-state index contributed by atoms with van der Waals surface area (Å²) >= 11 is 0. The van der Waals surface area contributed by atoms with Gasteiger partial charge < -0.3 is 9.84 Å². The van der Waals surface area contributed by atoms with Crippen LogP contribution in [0, 0.1) is 0 Å². The number of aliphatic hydroxyl groups excluding tert-OH is 1. The van der Waals surface area contributed by atoms with Gasteiger partial charge in [-0.05, 0) is 5.56 Å². The molecule has 82 valence electrons. The first-order chi connectivity index (χ1) is 7.34. The monoisotopic (exact) mass is 207 g/mol. The summed E-state index contributed by atoms with van der Waals surface area (Å²) < 4.78 is 5.28. The normalized spacial score (nSPS) is 23.7. The lowest BCUT2D eigenvalue weighted by Gasteiger charge is -2.20. The van der Waals surface area contributed by atoms with Crippen LogP contribution < -0.4 is 0 Å². The summed E-state index contributed by atoms with van der Waals surface area (Å²) in [7, 11) is 0. The van der Waals surface area contributed by atoms with Gasteiger partial charge in [0.05, 0.1) is 19.3 Å². The smallest absolute Gasteiger partial charge is 0.0900 e. The fourth-order valence-corrected chi connectivity index (χ4v) is 1.84. The highest BCUT2D eigenvalue weighted by Crippen LogP contribution is 2.07. The van der Waals surface area contributed by atoms with Crippen LogP contribution in [-0.2, 0) is 11.3 Å². The molecular weight excluding hydrogens is 190 g/mol. The van der Waals surface area contributed by atoms with E-state index in [2.05, 4.69) is 17.0 Å². The van der Waals surface area contributed by atoms with Crippen molar-refractivity contribution in [3.05, 3.63) is 35.9 Å². The molecular formula is C12H17NO2. The number of ether oxygens (including phenoxy) is 1. The van der Waals surface area contributed by atoms with E-state index in [1.807, 2.05) is 18.2 Å². The molecule has 0 bridgehead atoms. The van der Waals surface area contributed by atoms with Crippen molar-refractivity contribution in [2.75, 3.05) is 26.3 Å². The largest absolute Gasteiger partial charge is 0.389 e. The quantitative estimate of drug-likeness (QED) is 0.781. The van der Waals surface area contributed by atoms with Crippen molar-refractivity contribution in [2.45, 2.75) is 12.6 Å². The Morgan fingerprint density at radius 3 is 2.93 bits per heavy atom. The van der Waals surface area contributed by atoms with E-state index in [1.54, 1.807) is 0 Å². The lowest BCUT2D eigenvalue weighted by atomic mass is 10.2. The van der Waals surface area contributed by atoms with Gasteiger partial charge in [-0.3, -0.25) is 4.90 Å². The summed E-state index contributed by atoms with van der Waals surface area (Å²) in [6.45, 7) is 3.66. The van der Waals surface area contributed by atoms with E-state index in [1.165, 1.54) is 5.56 Å². The van der Waals surface area contributed by atoms with Gasteiger partial charge in [0, 0.05) is 19.6 Å². The van der Waals surface area contributed by atoms with E-state index in [-0.39, 0.29) is 6.10 Å². The van der Waals surface area contributed by atoms with Crippen molar-refractivity contribution >= 4 is 0 Å². The van der Waals surface area contributed by atoms with Crippen LogP contribution in [0.2, 0.25) is 0 Å². The van der Waals surface area contributed by atoms with Crippen LogP contribution in [0.4, 0.5) is 0 Å². The van der Waals surface area contributed by atoms with Gasteiger partial charge >= 0.3 is 0 Å².